The lowest BCUT2D eigenvalue weighted by Crippen LogP contribution is -2.34. The molecule has 4 rings (SSSR count). The Morgan fingerprint density at radius 3 is 2.52 bits per heavy atom. The molecule has 5 nitrogen and oxygen atoms in total. The Morgan fingerprint density at radius 1 is 1.13 bits per heavy atom. The van der Waals surface area contributed by atoms with Crippen LogP contribution in [0.15, 0.2) is 41.8 Å². The summed E-state index contributed by atoms with van der Waals surface area (Å²) in [5, 5.41) is 4.24. The first-order valence-corrected chi connectivity index (χ1v) is 8.40. The number of benzene rings is 1. The zero-order valence-corrected chi connectivity index (χ0v) is 13.8. The van der Waals surface area contributed by atoms with Crippen molar-refractivity contribution in [3.8, 4) is 0 Å². The number of likely N-dealkylation sites (tertiary alicyclic amines) is 1. The highest BCUT2D eigenvalue weighted by molar-refractivity contribution is 7.10. The van der Waals surface area contributed by atoms with E-state index in [0.717, 1.165) is 15.5 Å². The van der Waals surface area contributed by atoms with Gasteiger partial charge in [-0.1, -0.05) is 17.7 Å². The lowest BCUT2D eigenvalue weighted by molar-refractivity contribution is -0.141. The van der Waals surface area contributed by atoms with Gasteiger partial charge in [-0.15, -0.1) is 11.3 Å². The summed E-state index contributed by atoms with van der Waals surface area (Å²) in [4.78, 5) is 32.8. The highest BCUT2D eigenvalue weighted by Crippen LogP contribution is 2.47. The van der Waals surface area contributed by atoms with E-state index < -0.39 is 12.0 Å². The first-order valence-electron chi connectivity index (χ1n) is 7.14. The molecule has 0 spiro atoms. The molecule has 0 N–H and O–H groups in total. The van der Waals surface area contributed by atoms with Gasteiger partial charge in [-0.25, -0.2) is 5.06 Å². The molecule has 23 heavy (non-hydrogen) atoms. The van der Waals surface area contributed by atoms with Crippen LogP contribution in [-0.4, -0.2) is 29.9 Å². The van der Waals surface area contributed by atoms with Crippen LogP contribution >= 0.6 is 22.9 Å². The molecule has 1 aromatic heterocycles. The Balaban J connectivity index is 1.79. The van der Waals surface area contributed by atoms with Gasteiger partial charge in [0.25, 0.3) is 5.91 Å². The first kappa shape index (κ1) is 14.7. The van der Waals surface area contributed by atoms with E-state index in [1.807, 2.05) is 29.6 Å². The maximum absolute atomic E-state index is 12.5. The number of hydroxylamine groups is 1. The number of nitrogens with zero attached hydrogens (tertiary/aromatic N) is 2. The highest BCUT2D eigenvalue weighted by atomic mass is 35.5. The Kier molecular flexibility index (Phi) is 3.41. The SMILES string of the molecule is CN1C(=O)[C@H]2[C@@H](ON(c3ccc(Cl)cc3)[C@H]2c2cccs2)C1=O. The van der Waals surface area contributed by atoms with E-state index in [-0.39, 0.29) is 17.9 Å². The Labute approximate surface area is 142 Å². The summed E-state index contributed by atoms with van der Waals surface area (Å²) < 4.78 is 0. The van der Waals surface area contributed by atoms with Crippen molar-refractivity contribution in [1.82, 2.24) is 4.90 Å². The van der Waals surface area contributed by atoms with E-state index in [9.17, 15) is 9.59 Å². The Morgan fingerprint density at radius 2 is 1.87 bits per heavy atom. The minimum Gasteiger partial charge on any atom is -0.283 e. The number of hydrogen-bond donors (Lipinski definition) is 0. The monoisotopic (exact) mass is 348 g/mol. The minimum atomic E-state index is -0.768. The van der Waals surface area contributed by atoms with E-state index in [2.05, 4.69) is 0 Å². The number of fused-ring (bicyclic) bond motifs is 1. The quantitative estimate of drug-likeness (QED) is 0.783. The molecule has 7 heteroatoms. The van der Waals surface area contributed by atoms with E-state index in [4.69, 9.17) is 16.4 Å². The second-order valence-corrected chi connectivity index (χ2v) is 6.97. The predicted molar refractivity (Wildman–Crippen MR) is 87.1 cm³/mol. The lowest BCUT2D eigenvalue weighted by atomic mass is 9.95. The van der Waals surface area contributed by atoms with Gasteiger partial charge < -0.3 is 0 Å². The molecule has 3 atom stereocenters. The summed E-state index contributed by atoms with van der Waals surface area (Å²) in [7, 11) is 1.50. The summed E-state index contributed by atoms with van der Waals surface area (Å²) in [5.74, 6) is -1.02. The smallest absolute Gasteiger partial charge is 0.261 e. The maximum Gasteiger partial charge on any atom is 0.261 e. The third kappa shape index (κ3) is 2.17. The lowest BCUT2D eigenvalue weighted by Gasteiger charge is -2.27. The normalized spacial score (nSPS) is 27.0. The van der Waals surface area contributed by atoms with E-state index in [1.54, 1.807) is 28.5 Å². The fourth-order valence-electron chi connectivity index (χ4n) is 3.11. The minimum absolute atomic E-state index is 0.199. The first-order chi connectivity index (χ1) is 11.1. The largest absolute Gasteiger partial charge is 0.283 e. The molecule has 0 unspecified atom stereocenters. The van der Waals surface area contributed by atoms with Crippen molar-refractivity contribution in [2.24, 2.45) is 5.92 Å². The van der Waals surface area contributed by atoms with Crippen molar-refractivity contribution in [1.29, 1.82) is 0 Å². The molecule has 0 saturated carbocycles. The van der Waals surface area contributed by atoms with Crippen LogP contribution < -0.4 is 5.06 Å². The fourth-order valence-corrected chi connectivity index (χ4v) is 4.09. The average molecular weight is 349 g/mol. The summed E-state index contributed by atoms with van der Waals surface area (Å²) in [6, 6.07) is 10.7. The molecule has 2 fully saturated rings. The molecule has 2 aliphatic rings. The van der Waals surface area contributed by atoms with E-state index in [1.165, 1.54) is 7.05 Å². The maximum atomic E-state index is 12.5. The number of thiophene rings is 1. The van der Waals surface area contributed by atoms with Gasteiger partial charge in [0.15, 0.2) is 6.10 Å². The van der Waals surface area contributed by atoms with Gasteiger partial charge >= 0.3 is 0 Å². The average Bonchev–Trinajstić information content (AvgIpc) is 3.24. The third-order valence-corrected chi connectivity index (χ3v) is 5.45. The topological polar surface area (TPSA) is 49.9 Å². The van der Waals surface area contributed by atoms with Crippen molar-refractivity contribution < 1.29 is 14.4 Å². The van der Waals surface area contributed by atoms with Gasteiger partial charge in [-0.3, -0.25) is 19.3 Å². The van der Waals surface area contributed by atoms with Crippen LogP contribution in [0.1, 0.15) is 10.9 Å². The number of hydrogen-bond acceptors (Lipinski definition) is 5. The van der Waals surface area contributed by atoms with Crippen LogP contribution in [0, 0.1) is 5.92 Å². The van der Waals surface area contributed by atoms with Gasteiger partial charge in [0.1, 0.15) is 12.0 Å². The molecule has 2 amide bonds. The highest BCUT2D eigenvalue weighted by Gasteiger charge is 2.59. The van der Waals surface area contributed by atoms with Gasteiger partial charge in [0.05, 0.1) is 5.69 Å². The predicted octanol–water partition coefficient (Wildman–Crippen LogP) is 2.88. The van der Waals surface area contributed by atoms with Gasteiger partial charge in [-0.05, 0) is 35.7 Å². The van der Waals surface area contributed by atoms with Crippen molar-refractivity contribution in [2.45, 2.75) is 12.1 Å². The number of amides is 2. The van der Waals surface area contributed by atoms with Gasteiger partial charge in [0, 0.05) is 16.9 Å². The van der Waals surface area contributed by atoms with Crippen LogP contribution in [0.5, 0.6) is 0 Å². The molecule has 3 heterocycles. The second kappa shape index (κ2) is 5.33. The summed E-state index contributed by atoms with van der Waals surface area (Å²) in [6.45, 7) is 0. The fraction of sp³-hybridized carbons (Fsp3) is 0.250. The molecule has 118 valence electrons. The summed E-state index contributed by atoms with van der Waals surface area (Å²) in [5.41, 5.74) is 0.769. The molecular formula is C16H13ClN2O3S. The van der Waals surface area contributed by atoms with Gasteiger partial charge in [0.2, 0.25) is 5.91 Å². The van der Waals surface area contributed by atoms with Crippen LogP contribution in [-0.2, 0) is 14.4 Å². The van der Waals surface area contributed by atoms with Gasteiger partial charge in [-0.2, -0.15) is 0 Å². The molecule has 0 aliphatic carbocycles. The van der Waals surface area contributed by atoms with Crippen molar-refractivity contribution in [3.05, 3.63) is 51.7 Å². The number of likely N-dealkylation sites (N-methyl/N-ethyl adjacent to an activating group) is 1. The zero-order valence-electron chi connectivity index (χ0n) is 12.2. The number of rotatable bonds is 2. The van der Waals surface area contributed by atoms with E-state index >= 15 is 0 Å². The number of halogens is 1. The van der Waals surface area contributed by atoms with E-state index in [0.29, 0.717) is 5.02 Å². The zero-order chi connectivity index (χ0) is 16.1. The molecule has 1 aromatic carbocycles. The third-order valence-electron chi connectivity index (χ3n) is 4.25. The molecule has 2 saturated heterocycles. The second-order valence-electron chi connectivity index (χ2n) is 5.55. The van der Waals surface area contributed by atoms with Crippen LogP contribution in [0.3, 0.4) is 0 Å². The van der Waals surface area contributed by atoms with Crippen LogP contribution in [0.2, 0.25) is 5.02 Å². The molecule has 0 bridgehead atoms. The molecule has 2 aromatic rings. The number of carbonyl (C=O) groups is 2. The number of anilines is 1. The van der Waals surface area contributed by atoms with Crippen molar-refractivity contribution in [2.75, 3.05) is 12.1 Å². The summed E-state index contributed by atoms with van der Waals surface area (Å²) in [6.07, 6.45) is -0.768. The number of carbonyl (C=O) groups excluding carboxylic acids is 2. The molecule has 2 aliphatic heterocycles. The molecular weight excluding hydrogens is 336 g/mol. The standard InChI is InChI=1S/C16H13ClN2O3S/c1-18-15(20)12-13(11-3-2-8-23-11)19(22-14(12)16(18)21)10-6-4-9(17)5-7-10/h2-8,12-14H,1H3/t12-,13+,14-/m1/s1. The van der Waals surface area contributed by atoms with Crippen molar-refractivity contribution >= 4 is 40.4 Å². The summed E-state index contributed by atoms with van der Waals surface area (Å²) >= 11 is 7.49. The number of imide groups is 1. The van der Waals surface area contributed by atoms with Crippen LogP contribution in [0.25, 0.3) is 0 Å². The van der Waals surface area contributed by atoms with Crippen LogP contribution in [0.4, 0.5) is 5.69 Å². The molecule has 0 radical (unpaired) electrons. The van der Waals surface area contributed by atoms with Crippen molar-refractivity contribution in [3.63, 3.8) is 0 Å². The Bertz CT molecular complexity index is 762. The Hall–Kier alpha value is -1.89.